The summed E-state index contributed by atoms with van der Waals surface area (Å²) in [6.45, 7) is 0.944. The molecule has 0 spiro atoms. The van der Waals surface area contributed by atoms with Crippen LogP contribution in [0.15, 0.2) is 41.4 Å². The molecule has 4 atom stereocenters. The smallest absolute Gasteiger partial charge is 0.124 e. The van der Waals surface area contributed by atoms with Crippen molar-refractivity contribution in [2.45, 2.75) is 44.9 Å². The molecule has 0 aromatic heterocycles. The molecular weight excluding hydrogens is 306 g/mol. The predicted molar refractivity (Wildman–Crippen MR) is 103 cm³/mol. The van der Waals surface area contributed by atoms with Crippen LogP contribution in [0, 0.1) is 23.2 Å². The van der Waals surface area contributed by atoms with Gasteiger partial charge in [0.1, 0.15) is 5.75 Å². The van der Waals surface area contributed by atoms with Crippen LogP contribution in [0.4, 0.5) is 0 Å². The highest BCUT2D eigenvalue weighted by atomic mass is 16.3. The van der Waals surface area contributed by atoms with E-state index in [1.807, 2.05) is 24.4 Å². The molecule has 4 saturated carbocycles. The molecule has 1 N–H and O–H groups in total. The Morgan fingerprint density at radius 3 is 2.48 bits per heavy atom. The number of rotatable bonds is 3. The van der Waals surface area contributed by atoms with E-state index in [-0.39, 0.29) is 0 Å². The van der Waals surface area contributed by atoms with Gasteiger partial charge in [-0.1, -0.05) is 43.2 Å². The van der Waals surface area contributed by atoms with E-state index in [1.54, 1.807) is 6.07 Å². The molecular formula is C23H27NO. The lowest BCUT2D eigenvalue weighted by atomic mass is 9.58. The number of hydrogen-bond acceptors (Lipinski definition) is 2. The summed E-state index contributed by atoms with van der Waals surface area (Å²) in [4.78, 5) is 4.90. The normalized spacial score (nSPS) is 34.0. The van der Waals surface area contributed by atoms with E-state index in [1.165, 1.54) is 44.9 Å². The van der Waals surface area contributed by atoms with Crippen molar-refractivity contribution in [3.8, 4) is 5.75 Å². The molecule has 2 aromatic rings. The van der Waals surface area contributed by atoms with Gasteiger partial charge in [-0.05, 0) is 72.1 Å². The van der Waals surface area contributed by atoms with Gasteiger partial charge < -0.3 is 5.11 Å². The Morgan fingerprint density at radius 1 is 0.960 bits per heavy atom. The Bertz CT molecular complexity index is 808. The van der Waals surface area contributed by atoms with Gasteiger partial charge in [-0.25, -0.2) is 0 Å². The number of nitrogens with zero attached hydrogens (tertiary/aromatic N) is 1. The number of benzene rings is 2. The third-order valence-corrected chi connectivity index (χ3v) is 7.08. The van der Waals surface area contributed by atoms with Crippen LogP contribution in [0.2, 0.25) is 0 Å². The zero-order valence-corrected chi connectivity index (χ0v) is 14.8. The molecule has 2 unspecified atom stereocenters. The minimum absolute atomic E-state index is 0.338. The molecule has 0 aliphatic heterocycles. The fourth-order valence-corrected chi connectivity index (χ4v) is 6.31. The molecule has 25 heavy (non-hydrogen) atoms. The lowest BCUT2D eigenvalue weighted by Gasteiger charge is -2.47. The van der Waals surface area contributed by atoms with Crippen LogP contribution < -0.4 is 0 Å². The van der Waals surface area contributed by atoms with Gasteiger partial charge in [0.2, 0.25) is 0 Å². The van der Waals surface area contributed by atoms with Gasteiger partial charge in [0.25, 0.3) is 0 Å². The molecule has 2 nitrogen and oxygen atoms in total. The first-order valence-corrected chi connectivity index (χ1v) is 9.91. The van der Waals surface area contributed by atoms with Crippen molar-refractivity contribution >= 4 is 17.0 Å². The first kappa shape index (κ1) is 15.4. The summed E-state index contributed by atoms with van der Waals surface area (Å²) in [6, 6.07) is 12.0. The summed E-state index contributed by atoms with van der Waals surface area (Å²) < 4.78 is 0. The summed E-state index contributed by atoms with van der Waals surface area (Å²) in [5.41, 5.74) is 1.32. The van der Waals surface area contributed by atoms with Gasteiger partial charge in [0, 0.05) is 18.3 Å². The van der Waals surface area contributed by atoms with Crippen molar-refractivity contribution in [3.05, 3.63) is 42.0 Å². The van der Waals surface area contributed by atoms with Crippen LogP contribution in [-0.2, 0) is 0 Å². The van der Waals surface area contributed by atoms with Gasteiger partial charge in [-0.15, -0.1) is 0 Å². The summed E-state index contributed by atoms with van der Waals surface area (Å²) in [5.74, 6) is 3.20. The lowest BCUT2D eigenvalue weighted by Crippen LogP contribution is -2.39. The van der Waals surface area contributed by atoms with E-state index < -0.39 is 0 Å². The second-order valence-electron chi connectivity index (χ2n) is 8.95. The van der Waals surface area contributed by atoms with E-state index in [4.69, 9.17) is 4.99 Å². The maximum absolute atomic E-state index is 10.3. The van der Waals surface area contributed by atoms with E-state index in [2.05, 4.69) is 12.1 Å². The average Bonchev–Trinajstić information content (AvgIpc) is 2.82. The molecule has 4 aliphatic carbocycles. The van der Waals surface area contributed by atoms with Crippen LogP contribution in [0.5, 0.6) is 5.75 Å². The average molecular weight is 333 g/mol. The Labute approximate surface area is 150 Å². The molecule has 0 saturated heterocycles. The van der Waals surface area contributed by atoms with Gasteiger partial charge in [-0.3, -0.25) is 4.99 Å². The first-order chi connectivity index (χ1) is 12.2. The molecule has 4 bridgehead atoms. The minimum Gasteiger partial charge on any atom is -0.507 e. The molecule has 4 aliphatic rings. The van der Waals surface area contributed by atoms with Crippen LogP contribution in [0.3, 0.4) is 0 Å². The van der Waals surface area contributed by atoms with Crippen LogP contribution >= 0.6 is 0 Å². The van der Waals surface area contributed by atoms with E-state index in [0.29, 0.717) is 11.2 Å². The number of aliphatic imine (C=N–C) groups is 1. The largest absolute Gasteiger partial charge is 0.507 e. The fourth-order valence-electron chi connectivity index (χ4n) is 6.31. The summed E-state index contributed by atoms with van der Waals surface area (Å²) in [7, 11) is 0. The molecule has 2 aromatic carbocycles. The van der Waals surface area contributed by atoms with Crippen LogP contribution in [0.1, 0.15) is 50.5 Å². The highest BCUT2D eigenvalue weighted by molar-refractivity contribution is 6.02. The van der Waals surface area contributed by atoms with Crippen molar-refractivity contribution in [2.24, 2.45) is 28.2 Å². The van der Waals surface area contributed by atoms with Crippen LogP contribution in [0.25, 0.3) is 10.8 Å². The van der Waals surface area contributed by atoms with E-state index in [9.17, 15) is 5.11 Å². The first-order valence-electron chi connectivity index (χ1n) is 9.91. The van der Waals surface area contributed by atoms with Gasteiger partial charge in [0.05, 0.1) is 0 Å². The van der Waals surface area contributed by atoms with Gasteiger partial charge in [0.15, 0.2) is 0 Å². The zero-order chi connectivity index (χ0) is 16.9. The summed E-state index contributed by atoms with van der Waals surface area (Å²) in [5, 5.41) is 12.6. The fraction of sp³-hybridized carbons (Fsp3) is 0.522. The topological polar surface area (TPSA) is 32.6 Å². The van der Waals surface area contributed by atoms with Crippen LogP contribution in [-0.4, -0.2) is 17.9 Å². The lowest BCUT2D eigenvalue weighted by molar-refractivity contribution is 0.0428. The standard InChI is InChI=1S/C23H27NO/c25-22-8-7-19-3-1-2-4-20(19)21(22)14-24-15-23-11-16-5-6-17(12-23)10-18(9-16)13-23/h1-4,7-8,14,16-18,25H,5-6,9-13,15H2/t16-,17+,18?,23?. The number of phenols is 1. The minimum atomic E-state index is 0.338. The Hall–Kier alpha value is -1.83. The number of hydrogen-bond donors (Lipinski definition) is 1. The molecule has 0 amide bonds. The highest BCUT2D eigenvalue weighted by Gasteiger charge is 2.48. The zero-order valence-electron chi connectivity index (χ0n) is 14.8. The molecule has 6 rings (SSSR count). The molecule has 0 heterocycles. The van der Waals surface area contributed by atoms with Crippen molar-refractivity contribution < 1.29 is 5.11 Å². The summed E-state index contributed by atoms with van der Waals surface area (Å²) >= 11 is 0. The Kier molecular flexibility index (Phi) is 3.62. The predicted octanol–water partition coefficient (Wildman–Crippen LogP) is 5.57. The van der Waals surface area contributed by atoms with Gasteiger partial charge >= 0.3 is 0 Å². The van der Waals surface area contributed by atoms with Crippen molar-refractivity contribution in [1.82, 2.24) is 0 Å². The maximum Gasteiger partial charge on any atom is 0.124 e. The highest BCUT2D eigenvalue weighted by Crippen LogP contribution is 2.57. The number of aromatic hydroxyl groups is 1. The van der Waals surface area contributed by atoms with Gasteiger partial charge in [-0.2, -0.15) is 0 Å². The number of phenolic OH excluding ortho intramolecular Hbond substituents is 1. The second kappa shape index (κ2) is 5.86. The Balaban J connectivity index is 1.42. The quantitative estimate of drug-likeness (QED) is 0.732. The van der Waals surface area contributed by atoms with Crippen molar-refractivity contribution in [1.29, 1.82) is 0 Å². The monoisotopic (exact) mass is 333 g/mol. The van der Waals surface area contributed by atoms with Crippen molar-refractivity contribution in [2.75, 3.05) is 6.54 Å². The Morgan fingerprint density at radius 2 is 1.68 bits per heavy atom. The third-order valence-electron chi connectivity index (χ3n) is 7.08. The van der Waals surface area contributed by atoms with E-state index >= 15 is 0 Å². The maximum atomic E-state index is 10.3. The SMILES string of the molecule is Oc1ccc2ccccc2c1C=NCC12CC3C[C@@H](CC[C@@H](C3)C1)C2. The third kappa shape index (κ3) is 2.76. The number of fused-ring (bicyclic) bond motifs is 2. The summed E-state index contributed by atoms with van der Waals surface area (Å²) in [6.07, 6.45) is 12.0. The molecule has 130 valence electrons. The second-order valence-corrected chi connectivity index (χ2v) is 8.95. The molecule has 0 radical (unpaired) electrons. The van der Waals surface area contributed by atoms with E-state index in [0.717, 1.165) is 40.6 Å². The molecule has 2 heteroatoms. The molecule has 4 fully saturated rings. The van der Waals surface area contributed by atoms with Crippen molar-refractivity contribution in [3.63, 3.8) is 0 Å².